The molecule has 1 N–H and O–H groups in total. The molecule has 0 spiro atoms. The lowest BCUT2D eigenvalue weighted by molar-refractivity contribution is -0.123. The van der Waals surface area contributed by atoms with E-state index in [1.165, 1.54) is 6.21 Å². The van der Waals surface area contributed by atoms with Gasteiger partial charge in [0.15, 0.2) is 10.4 Å². The summed E-state index contributed by atoms with van der Waals surface area (Å²) < 4.78 is 11.7. The third-order valence-corrected chi connectivity index (χ3v) is 3.61. The quantitative estimate of drug-likeness (QED) is 0.451. The predicted octanol–water partition coefficient (Wildman–Crippen LogP) is 3.71. The van der Waals surface area contributed by atoms with Crippen LogP contribution in [0.3, 0.4) is 0 Å². The van der Waals surface area contributed by atoms with Gasteiger partial charge in [-0.05, 0) is 51.8 Å². The second kappa shape index (κ2) is 7.63. The second-order valence-corrected chi connectivity index (χ2v) is 7.03. The Labute approximate surface area is 149 Å². The third-order valence-electron chi connectivity index (χ3n) is 3.03. The number of ether oxygens (including phenoxy) is 1. The van der Waals surface area contributed by atoms with E-state index in [1.54, 1.807) is 6.07 Å². The molecule has 0 aliphatic carbocycles. The van der Waals surface area contributed by atoms with E-state index in [4.69, 9.17) is 9.15 Å². The van der Waals surface area contributed by atoms with Crippen molar-refractivity contribution in [2.45, 2.75) is 26.2 Å². The normalized spacial score (nSPS) is 11.7. The topological polar surface area (TPSA) is 63.8 Å². The zero-order valence-corrected chi connectivity index (χ0v) is 15.5. The molecule has 1 amide bonds. The molecule has 122 valence electrons. The Bertz CT molecular complexity index is 702. The molecule has 0 unspecified atom stereocenters. The number of furan rings is 1. The highest BCUT2D eigenvalue weighted by molar-refractivity contribution is 14.1. The lowest BCUT2D eigenvalue weighted by Gasteiger charge is -2.22. The van der Waals surface area contributed by atoms with Crippen molar-refractivity contribution in [1.29, 1.82) is 0 Å². The first-order valence-electron chi connectivity index (χ1n) is 7.16. The molecule has 0 aliphatic heterocycles. The van der Waals surface area contributed by atoms with Crippen LogP contribution >= 0.6 is 22.6 Å². The highest BCUT2D eigenvalue weighted by atomic mass is 127. The van der Waals surface area contributed by atoms with Gasteiger partial charge in [-0.2, -0.15) is 5.10 Å². The third kappa shape index (κ3) is 5.38. The van der Waals surface area contributed by atoms with Gasteiger partial charge in [0.05, 0.1) is 6.21 Å². The Morgan fingerprint density at radius 3 is 2.70 bits per heavy atom. The van der Waals surface area contributed by atoms with Crippen molar-refractivity contribution in [3.63, 3.8) is 0 Å². The number of hydrogen-bond donors (Lipinski definition) is 1. The molecule has 6 heteroatoms. The molecular weight excluding hydrogens is 407 g/mol. The van der Waals surface area contributed by atoms with Crippen molar-refractivity contribution in [1.82, 2.24) is 5.43 Å². The fourth-order valence-corrected chi connectivity index (χ4v) is 2.39. The SMILES string of the molecule is CC(C)(C)c1ccccc1OCC(=O)N/N=C/c1ccc(I)o1. The van der Waals surface area contributed by atoms with Crippen molar-refractivity contribution in [2.24, 2.45) is 5.10 Å². The van der Waals surface area contributed by atoms with Gasteiger partial charge in [0.2, 0.25) is 0 Å². The molecule has 23 heavy (non-hydrogen) atoms. The predicted molar refractivity (Wildman–Crippen MR) is 97.8 cm³/mol. The van der Waals surface area contributed by atoms with Gasteiger partial charge < -0.3 is 9.15 Å². The number of nitrogens with zero attached hydrogens (tertiary/aromatic N) is 1. The molecule has 0 atom stereocenters. The Morgan fingerprint density at radius 2 is 2.04 bits per heavy atom. The summed E-state index contributed by atoms with van der Waals surface area (Å²) in [6.07, 6.45) is 1.45. The Kier molecular flexibility index (Phi) is 5.81. The molecule has 1 aromatic heterocycles. The lowest BCUT2D eigenvalue weighted by Crippen LogP contribution is -2.25. The van der Waals surface area contributed by atoms with Crippen LogP contribution in [0.5, 0.6) is 5.75 Å². The molecule has 0 bridgehead atoms. The van der Waals surface area contributed by atoms with Gasteiger partial charge in [-0.1, -0.05) is 39.0 Å². The fourth-order valence-electron chi connectivity index (χ4n) is 1.95. The van der Waals surface area contributed by atoms with Crippen LogP contribution in [-0.4, -0.2) is 18.7 Å². The first-order chi connectivity index (χ1) is 10.9. The van der Waals surface area contributed by atoms with Gasteiger partial charge in [0, 0.05) is 0 Å². The van der Waals surface area contributed by atoms with Gasteiger partial charge in [0.25, 0.3) is 5.91 Å². The van der Waals surface area contributed by atoms with E-state index in [0.717, 1.165) is 9.33 Å². The maximum atomic E-state index is 11.8. The minimum atomic E-state index is -0.328. The number of carbonyl (C=O) groups is 1. The van der Waals surface area contributed by atoms with Crippen LogP contribution in [0, 0.1) is 3.77 Å². The molecule has 0 aliphatic rings. The number of rotatable bonds is 5. The van der Waals surface area contributed by atoms with Crippen molar-refractivity contribution in [2.75, 3.05) is 6.61 Å². The monoisotopic (exact) mass is 426 g/mol. The van der Waals surface area contributed by atoms with Crippen LogP contribution in [-0.2, 0) is 10.2 Å². The number of halogens is 1. The number of benzene rings is 1. The summed E-state index contributed by atoms with van der Waals surface area (Å²) in [6.45, 7) is 6.21. The first kappa shape index (κ1) is 17.5. The zero-order chi connectivity index (χ0) is 16.9. The molecule has 2 rings (SSSR count). The number of hydrogen-bond acceptors (Lipinski definition) is 4. The molecule has 2 aromatic rings. The van der Waals surface area contributed by atoms with Crippen molar-refractivity contribution >= 4 is 34.7 Å². The largest absolute Gasteiger partial charge is 0.483 e. The van der Waals surface area contributed by atoms with Crippen LogP contribution in [0.2, 0.25) is 0 Å². The standard InChI is InChI=1S/C17H19IN2O3/c1-17(2,3)13-6-4-5-7-14(13)22-11-16(21)20-19-10-12-8-9-15(18)23-12/h4-10H,11H2,1-3H3,(H,20,21)/b19-10+. The maximum Gasteiger partial charge on any atom is 0.277 e. The zero-order valence-electron chi connectivity index (χ0n) is 13.3. The Hall–Kier alpha value is -1.83. The van der Waals surface area contributed by atoms with Crippen LogP contribution in [0.4, 0.5) is 0 Å². The van der Waals surface area contributed by atoms with Crippen LogP contribution in [0.1, 0.15) is 32.1 Å². The maximum absolute atomic E-state index is 11.8. The summed E-state index contributed by atoms with van der Waals surface area (Å²) in [6, 6.07) is 11.3. The van der Waals surface area contributed by atoms with Crippen molar-refractivity contribution < 1.29 is 13.9 Å². The molecule has 0 radical (unpaired) electrons. The molecule has 1 heterocycles. The van der Waals surface area contributed by atoms with E-state index in [-0.39, 0.29) is 17.9 Å². The fraction of sp³-hybridized carbons (Fsp3) is 0.294. The van der Waals surface area contributed by atoms with Crippen LogP contribution in [0.15, 0.2) is 45.9 Å². The van der Waals surface area contributed by atoms with E-state index >= 15 is 0 Å². The number of amides is 1. The summed E-state index contributed by atoms with van der Waals surface area (Å²) in [5.41, 5.74) is 3.41. The van der Waals surface area contributed by atoms with Crippen LogP contribution < -0.4 is 10.2 Å². The highest BCUT2D eigenvalue weighted by Gasteiger charge is 2.18. The van der Waals surface area contributed by atoms with E-state index in [0.29, 0.717) is 11.5 Å². The molecular formula is C17H19IN2O3. The van der Waals surface area contributed by atoms with E-state index in [2.05, 4.69) is 53.9 Å². The summed E-state index contributed by atoms with van der Waals surface area (Å²) in [5.74, 6) is 0.958. The van der Waals surface area contributed by atoms with Crippen molar-refractivity contribution in [3.05, 3.63) is 51.5 Å². The van der Waals surface area contributed by atoms with Gasteiger partial charge in [-0.15, -0.1) is 0 Å². The molecule has 5 nitrogen and oxygen atoms in total. The second-order valence-electron chi connectivity index (χ2n) is 5.97. The van der Waals surface area contributed by atoms with Gasteiger partial charge in [0.1, 0.15) is 11.5 Å². The summed E-state index contributed by atoms with van der Waals surface area (Å²) >= 11 is 2.06. The minimum Gasteiger partial charge on any atom is -0.483 e. The van der Waals surface area contributed by atoms with Crippen molar-refractivity contribution in [3.8, 4) is 5.75 Å². The van der Waals surface area contributed by atoms with Gasteiger partial charge >= 0.3 is 0 Å². The summed E-state index contributed by atoms with van der Waals surface area (Å²) in [4.78, 5) is 11.8. The van der Waals surface area contributed by atoms with E-state index in [9.17, 15) is 4.79 Å². The molecule has 1 aromatic carbocycles. The van der Waals surface area contributed by atoms with E-state index < -0.39 is 0 Å². The Balaban J connectivity index is 1.89. The summed E-state index contributed by atoms with van der Waals surface area (Å²) in [7, 11) is 0. The summed E-state index contributed by atoms with van der Waals surface area (Å²) in [5, 5.41) is 3.84. The number of nitrogens with one attached hydrogen (secondary N) is 1. The minimum absolute atomic E-state index is 0.0539. The highest BCUT2D eigenvalue weighted by Crippen LogP contribution is 2.30. The van der Waals surface area contributed by atoms with Gasteiger partial charge in [-0.25, -0.2) is 5.43 Å². The number of hydrazone groups is 1. The average molecular weight is 426 g/mol. The van der Waals surface area contributed by atoms with Gasteiger partial charge in [-0.3, -0.25) is 4.79 Å². The lowest BCUT2D eigenvalue weighted by atomic mass is 9.86. The number of para-hydroxylation sites is 1. The molecule has 0 fully saturated rings. The first-order valence-corrected chi connectivity index (χ1v) is 8.23. The number of carbonyl (C=O) groups excluding carboxylic acids is 1. The Morgan fingerprint density at radius 1 is 1.30 bits per heavy atom. The van der Waals surface area contributed by atoms with Crippen LogP contribution in [0.25, 0.3) is 0 Å². The molecule has 0 saturated carbocycles. The van der Waals surface area contributed by atoms with E-state index in [1.807, 2.05) is 30.3 Å². The average Bonchev–Trinajstić information content (AvgIpc) is 2.90. The smallest absolute Gasteiger partial charge is 0.277 e. The molecule has 0 saturated heterocycles.